The van der Waals surface area contributed by atoms with Crippen LogP contribution in [0.1, 0.15) is 44.6 Å². The quantitative estimate of drug-likeness (QED) is 0.854. The zero-order valence-corrected chi connectivity index (χ0v) is 11.6. The van der Waals surface area contributed by atoms with Crippen molar-refractivity contribution < 1.29 is 0 Å². The van der Waals surface area contributed by atoms with Crippen LogP contribution in [-0.2, 0) is 0 Å². The Morgan fingerprint density at radius 2 is 2.06 bits per heavy atom. The number of nitrogens with two attached hydrogens (primary N) is 1. The Morgan fingerprint density at radius 3 is 2.72 bits per heavy atom. The SMILES string of the molecule is Cc1cnc(NCCC2CCC(C)CC2)c(N)c1. The second kappa shape index (κ2) is 6.07. The summed E-state index contributed by atoms with van der Waals surface area (Å²) < 4.78 is 0. The first-order chi connectivity index (χ1) is 8.65. The molecule has 100 valence electrons. The maximum Gasteiger partial charge on any atom is 0.149 e. The van der Waals surface area contributed by atoms with Crippen molar-refractivity contribution in [2.75, 3.05) is 17.6 Å². The van der Waals surface area contributed by atoms with Crippen LogP contribution in [0, 0.1) is 18.8 Å². The molecule has 3 heteroatoms. The van der Waals surface area contributed by atoms with E-state index in [9.17, 15) is 0 Å². The third kappa shape index (κ3) is 3.62. The van der Waals surface area contributed by atoms with E-state index in [0.717, 1.165) is 35.4 Å². The lowest BCUT2D eigenvalue weighted by atomic mass is 9.81. The molecule has 3 N–H and O–H groups in total. The second-order valence-corrected chi connectivity index (χ2v) is 5.79. The highest BCUT2D eigenvalue weighted by Gasteiger charge is 2.17. The van der Waals surface area contributed by atoms with Crippen LogP contribution in [0.5, 0.6) is 0 Å². The molecule has 1 fully saturated rings. The molecular weight excluding hydrogens is 222 g/mol. The molecule has 1 heterocycles. The predicted octanol–water partition coefficient (Wildman–Crippen LogP) is 3.60. The van der Waals surface area contributed by atoms with Crippen molar-refractivity contribution in [3.05, 3.63) is 17.8 Å². The fourth-order valence-corrected chi connectivity index (χ4v) is 2.75. The van der Waals surface area contributed by atoms with E-state index in [1.54, 1.807) is 0 Å². The molecule has 1 aromatic heterocycles. The number of hydrogen-bond acceptors (Lipinski definition) is 3. The van der Waals surface area contributed by atoms with Gasteiger partial charge in [-0.25, -0.2) is 4.98 Å². The molecule has 0 radical (unpaired) electrons. The van der Waals surface area contributed by atoms with Crippen LogP contribution in [0.4, 0.5) is 11.5 Å². The standard InChI is InChI=1S/C15H25N3/c1-11-3-5-13(6-4-11)7-8-17-15-14(16)9-12(2)10-18-15/h9-11,13H,3-8,16H2,1-2H3,(H,17,18). The molecule has 0 amide bonds. The third-order valence-corrected chi connectivity index (χ3v) is 4.03. The van der Waals surface area contributed by atoms with Crippen molar-refractivity contribution >= 4 is 11.5 Å². The van der Waals surface area contributed by atoms with Crippen LogP contribution in [0.2, 0.25) is 0 Å². The Balaban J connectivity index is 1.75. The summed E-state index contributed by atoms with van der Waals surface area (Å²) in [6, 6.07) is 1.97. The zero-order valence-electron chi connectivity index (χ0n) is 11.6. The van der Waals surface area contributed by atoms with Gasteiger partial charge in [-0.1, -0.05) is 32.6 Å². The van der Waals surface area contributed by atoms with E-state index in [0.29, 0.717) is 0 Å². The summed E-state index contributed by atoms with van der Waals surface area (Å²) in [6.45, 7) is 5.36. The van der Waals surface area contributed by atoms with E-state index in [2.05, 4.69) is 17.2 Å². The van der Waals surface area contributed by atoms with Crippen LogP contribution >= 0.6 is 0 Å². The highest BCUT2D eigenvalue weighted by atomic mass is 15.0. The predicted molar refractivity (Wildman–Crippen MR) is 77.6 cm³/mol. The smallest absolute Gasteiger partial charge is 0.149 e. The molecule has 3 nitrogen and oxygen atoms in total. The summed E-state index contributed by atoms with van der Waals surface area (Å²) in [4.78, 5) is 4.34. The molecule has 0 aromatic carbocycles. The number of pyridine rings is 1. The highest BCUT2D eigenvalue weighted by molar-refractivity contribution is 5.61. The van der Waals surface area contributed by atoms with E-state index >= 15 is 0 Å². The van der Waals surface area contributed by atoms with Gasteiger partial charge in [0.05, 0.1) is 5.69 Å². The Kier molecular flexibility index (Phi) is 4.45. The molecule has 0 aliphatic heterocycles. The minimum atomic E-state index is 0.757. The first kappa shape index (κ1) is 13.2. The molecule has 0 bridgehead atoms. The molecule has 1 aromatic rings. The topological polar surface area (TPSA) is 50.9 Å². The number of nitrogens with zero attached hydrogens (tertiary/aromatic N) is 1. The van der Waals surface area contributed by atoms with Crippen molar-refractivity contribution in [2.45, 2.75) is 46.0 Å². The Hall–Kier alpha value is -1.25. The summed E-state index contributed by atoms with van der Waals surface area (Å²) in [7, 11) is 0. The van der Waals surface area contributed by atoms with Crippen molar-refractivity contribution in [3.63, 3.8) is 0 Å². The maximum atomic E-state index is 5.93. The van der Waals surface area contributed by atoms with E-state index in [1.165, 1.54) is 32.1 Å². The summed E-state index contributed by atoms with van der Waals surface area (Å²) >= 11 is 0. The lowest BCUT2D eigenvalue weighted by Gasteiger charge is -2.26. The minimum Gasteiger partial charge on any atom is -0.396 e. The summed E-state index contributed by atoms with van der Waals surface area (Å²) in [6.07, 6.45) is 8.67. The molecule has 0 atom stereocenters. The van der Waals surface area contributed by atoms with Crippen LogP contribution < -0.4 is 11.1 Å². The number of nitrogens with one attached hydrogen (secondary N) is 1. The number of anilines is 2. The monoisotopic (exact) mass is 247 g/mol. The first-order valence-corrected chi connectivity index (χ1v) is 7.11. The van der Waals surface area contributed by atoms with Gasteiger partial charge in [0, 0.05) is 12.7 Å². The molecular formula is C15H25N3. The molecule has 0 saturated heterocycles. The lowest BCUT2D eigenvalue weighted by Crippen LogP contribution is -2.16. The highest BCUT2D eigenvalue weighted by Crippen LogP contribution is 2.30. The van der Waals surface area contributed by atoms with Gasteiger partial charge in [-0.3, -0.25) is 0 Å². The molecule has 2 rings (SSSR count). The molecule has 0 unspecified atom stereocenters. The third-order valence-electron chi connectivity index (χ3n) is 4.03. The molecule has 1 saturated carbocycles. The van der Waals surface area contributed by atoms with E-state index in [-0.39, 0.29) is 0 Å². The van der Waals surface area contributed by atoms with Crippen molar-refractivity contribution in [3.8, 4) is 0 Å². The Labute approximate surface area is 110 Å². The Bertz CT molecular complexity index is 381. The largest absolute Gasteiger partial charge is 0.396 e. The number of rotatable bonds is 4. The average Bonchev–Trinajstić information content (AvgIpc) is 2.34. The molecule has 1 aliphatic rings. The van der Waals surface area contributed by atoms with Gasteiger partial charge in [0.2, 0.25) is 0 Å². The van der Waals surface area contributed by atoms with Crippen LogP contribution in [0.25, 0.3) is 0 Å². The van der Waals surface area contributed by atoms with Crippen LogP contribution in [0.3, 0.4) is 0 Å². The van der Waals surface area contributed by atoms with Gasteiger partial charge in [-0.2, -0.15) is 0 Å². The van der Waals surface area contributed by atoms with Gasteiger partial charge in [0.1, 0.15) is 5.82 Å². The van der Waals surface area contributed by atoms with Crippen LogP contribution in [-0.4, -0.2) is 11.5 Å². The minimum absolute atomic E-state index is 0.757. The van der Waals surface area contributed by atoms with Gasteiger partial charge >= 0.3 is 0 Å². The van der Waals surface area contributed by atoms with Gasteiger partial charge in [-0.15, -0.1) is 0 Å². The maximum absolute atomic E-state index is 5.93. The first-order valence-electron chi connectivity index (χ1n) is 7.11. The van der Waals surface area contributed by atoms with Gasteiger partial charge < -0.3 is 11.1 Å². The lowest BCUT2D eigenvalue weighted by molar-refractivity contribution is 0.282. The van der Waals surface area contributed by atoms with E-state index in [1.807, 2.05) is 19.2 Å². The van der Waals surface area contributed by atoms with E-state index in [4.69, 9.17) is 5.73 Å². The normalized spacial score (nSPS) is 23.9. The van der Waals surface area contributed by atoms with Crippen LogP contribution in [0.15, 0.2) is 12.3 Å². The summed E-state index contributed by atoms with van der Waals surface area (Å²) in [5.74, 6) is 2.66. The molecule has 0 spiro atoms. The number of aromatic nitrogens is 1. The fourth-order valence-electron chi connectivity index (χ4n) is 2.75. The van der Waals surface area contributed by atoms with Crippen molar-refractivity contribution in [1.82, 2.24) is 4.98 Å². The number of nitrogen functional groups attached to an aromatic ring is 1. The number of hydrogen-bond donors (Lipinski definition) is 2. The number of aryl methyl sites for hydroxylation is 1. The molecule has 18 heavy (non-hydrogen) atoms. The van der Waals surface area contributed by atoms with Gasteiger partial charge in [-0.05, 0) is 36.8 Å². The van der Waals surface area contributed by atoms with E-state index < -0.39 is 0 Å². The van der Waals surface area contributed by atoms with Crippen molar-refractivity contribution in [1.29, 1.82) is 0 Å². The van der Waals surface area contributed by atoms with Gasteiger partial charge in [0.25, 0.3) is 0 Å². The fraction of sp³-hybridized carbons (Fsp3) is 0.667. The summed E-state index contributed by atoms with van der Waals surface area (Å²) in [5, 5.41) is 3.36. The zero-order chi connectivity index (χ0) is 13.0. The average molecular weight is 247 g/mol. The van der Waals surface area contributed by atoms with Crippen molar-refractivity contribution in [2.24, 2.45) is 11.8 Å². The molecule has 1 aliphatic carbocycles. The second-order valence-electron chi connectivity index (χ2n) is 5.79. The van der Waals surface area contributed by atoms with Gasteiger partial charge in [0.15, 0.2) is 0 Å². The Morgan fingerprint density at radius 1 is 1.33 bits per heavy atom. The summed E-state index contributed by atoms with van der Waals surface area (Å²) in [5.41, 5.74) is 7.80.